The predicted octanol–water partition coefficient (Wildman–Crippen LogP) is 4.36. The molecule has 19 heavy (non-hydrogen) atoms. The van der Waals surface area contributed by atoms with Gasteiger partial charge < -0.3 is 5.11 Å². The molecule has 0 aromatic rings. The summed E-state index contributed by atoms with van der Waals surface area (Å²) in [5.74, 6) is -0.435. The Balaban J connectivity index is 3.74. The van der Waals surface area contributed by atoms with Gasteiger partial charge >= 0.3 is 5.97 Å². The first-order chi connectivity index (χ1) is 9.07. The molecule has 0 fully saturated rings. The molecular weight excluding hydrogens is 240 g/mol. The van der Waals surface area contributed by atoms with E-state index in [4.69, 9.17) is 5.11 Å². The van der Waals surface area contributed by atoms with Crippen LogP contribution in [0.1, 0.15) is 71.6 Å². The zero-order chi connectivity index (χ0) is 14.5. The summed E-state index contributed by atoms with van der Waals surface area (Å²) < 4.78 is 0. The lowest BCUT2D eigenvalue weighted by Gasteiger charge is -2.08. The van der Waals surface area contributed by atoms with E-state index in [1.54, 1.807) is 6.92 Å². The third-order valence-corrected chi connectivity index (χ3v) is 3.27. The van der Waals surface area contributed by atoms with Crippen LogP contribution in [0, 0.1) is 5.92 Å². The van der Waals surface area contributed by atoms with E-state index in [2.05, 4.69) is 19.1 Å². The third-order valence-electron chi connectivity index (χ3n) is 3.27. The van der Waals surface area contributed by atoms with Crippen molar-refractivity contribution in [1.29, 1.82) is 0 Å². The van der Waals surface area contributed by atoms with Crippen LogP contribution in [0.4, 0.5) is 0 Å². The number of allylic oxidation sites excluding steroid dienone is 2. The zero-order valence-corrected chi connectivity index (χ0v) is 12.4. The Hall–Kier alpha value is -1.12. The first-order valence-electron chi connectivity index (χ1n) is 7.46. The second-order valence-electron chi connectivity index (χ2n) is 5.13. The number of Topliss-reactive ketones (excluding diaryl/α,β-unsaturated/α-hetero) is 1. The fraction of sp³-hybridized carbons (Fsp3) is 0.750. The Morgan fingerprint density at radius 2 is 1.79 bits per heavy atom. The molecule has 0 rings (SSSR count). The van der Waals surface area contributed by atoms with Gasteiger partial charge in [-0.25, -0.2) is 0 Å². The number of carboxylic acid groups (broad SMARTS) is 1. The maximum Gasteiger partial charge on any atom is 0.303 e. The van der Waals surface area contributed by atoms with E-state index in [9.17, 15) is 9.59 Å². The molecule has 0 saturated heterocycles. The summed E-state index contributed by atoms with van der Waals surface area (Å²) in [5.41, 5.74) is 0. The van der Waals surface area contributed by atoms with Crippen molar-refractivity contribution in [2.24, 2.45) is 5.92 Å². The molecule has 0 amide bonds. The highest BCUT2D eigenvalue weighted by atomic mass is 16.4. The molecule has 0 heterocycles. The number of hydrogen-bond acceptors (Lipinski definition) is 2. The third kappa shape index (κ3) is 11.7. The van der Waals surface area contributed by atoms with Crippen LogP contribution in [-0.2, 0) is 9.59 Å². The topological polar surface area (TPSA) is 54.4 Å². The summed E-state index contributed by atoms with van der Waals surface area (Å²) >= 11 is 0. The van der Waals surface area contributed by atoms with Gasteiger partial charge in [0.15, 0.2) is 0 Å². The van der Waals surface area contributed by atoms with E-state index in [1.807, 2.05) is 0 Å². The summed E-state index contributed by atoms with van der Waals surface area (Å²) in [7, 11) is 0. The molecule has 1 atom stereocenters. The molecule has 0 radical (unpaired) electrons. The minimum atomic E-state index is -0.722. The maximum atomic E-state index is 11.5. The molecule has 1 unspecified atom stereocenters. The van der Waals surface area contributed by atoms with E-state index in [0.717, 1.165) is 38.5 Å². The molecule has 0 aliphatic carbocycles. The van der Waals surface area contributed by atoms with Crippen LogP contribution in [0.15, 0.2) is 12.2 Å². The highest BCUT2D eigenvalue weighted by molar-refractivity contribution is 5.79. The van der Waals surface area contributed by atoms with Crippen molar-refractivity contribution in [2.45, 2.75) is 71.6 Å². The van der Waals surface area contributed by atoms with Crippen molar-refractivity contribution in [1.82, 2.24) is 0 Å². The smallest absolute Gasteiger partial charge is 0.303 e. The minimum Gasteiger partial charge on any atom is -0.481 e. The number of aliphatic carboxylic acids is 1. The summed E-state index contributed by atoms with van der Waals surface area (Å²) in [6, 6.07) is 0. The number of ketones is 1. The molecule has 3 nitrogen and oxygen atoms in total. The first-order valence-corrected chi connectivity index (χ1v) is 7.46. The van der Waals surface area contributed by atoms with E-state index in [0.29, 0.717) is 0 Å². The quantitative estimate of drug-likeness (QED) is 0.422. The van der Waals surface area contributed by atoms with Crippen LogP contribution < -0.4 is 0 Å². The molecule has 0 aromatic carbocycles. The van der Waals surface area contributed by atoms with Crippen molar-refractivity contribution in [3.8, 4) is 0 Å². The second kappa shape index (κ2) is 11.9. The number of carbonyl (C=O) groups excluding carboxylic acids is 1. The maximum absolute atomic E-state index is 11.5. The summed E-state index contributed by atoms with van der Waals surface area (Å²) in [5, 5.41) is 8.52. The SMILES string of the molecule is CCCC/C=C/C(CCCCCCC(=O)O)C(C)=O. The molecule has 0 spiro atoms. The van der Waals surface area contributed by atoms with Gasteiger partial charge in [0.05, 0.1) is 0 Å². The van der Waals surface area contributed by atoms with Crippen LogP contribution in [0.25, 0.3) is 0 Å². The van der Waals surface area contributed by atoms with Gasteiger partial charge in [-0.1, -0.05) is 51.2 Å². The lowest BCUT2D eigenvalue weighted by molar-refractivity contribution is -0.137. The average molecular weight is 268 g/mol. The van der Waals surface area contributed by atoms with Crippen molar-refractivity contribution < 1.29 is 14.7 Å². The van der Waals surface area contributed by atoms with Gasteiger partial charge in [-0.3, -0.25) is 9.59 Å². The van der Waals surface area contributed by atoms with Crippen molar-refractivity contribution in [3.63, 3.8) is 0 Å². The predicted molar refractivity (Wildman–Crippen MR) is 78.2 cm³/mol. The molecule has 1 N–H and O–H groups in total. The van der Waals surface area contributed by atoms with Crippen LogP contribution in [0.2, 0.25) is 0 Å². The Labute approximate surface area is 117 Å². The van der Waals surface area contributed by atoms with Gasteiger partial charge in [0, 0.05) is 12.3 Å². The van der Waals surface area contributed by atoms with Crippen LogP contribution in [-0.4, -0.2) is 16.9 Å². The lowest BCUT2D eigenvalue weighted by Crippen LogP contribution is -2.07. The summed E-state index contributed by atoms with van der Waals surface area (Å²) in [4.78, 5) is 21.8. The molecule has 0 aliphatic heterocycles. The van der Waals surface area contributed by atoms with Crippen molar-refractivity contribution >= 4 is 11.8 Å². The second-order valence-corrected chi connectivity index (χ2v) is 5.13. The number of unbranched alkanes of at least 4 members (excludes halogenated alkanes) is 5. The standard InChI is InChI=1S/C16H28O3/c1-3-4-5-8-11-15(14(2)17)12-9-6-7-10-13-16(18)19/h8,11,15H,3-7,9-10,12-13H2,1-2H3,(H,18,19)/b11-8+. The molecule has 0 aromatic heterocycles. The largest absolute Gasteiger partial charge is 0.481 e. The number of carboxylic acids is 1. The highest BCUT2D eigenvalue weighted by Gasteiger charge is 2.09. The highest BCUT2D eigenvalue weighted by Crippen LogP contribution is 2.15. The lowest BCUT2D eigenvalue weighted by atomic mass is 9.96. The van der Waals surface area contributed by atoms with Crippen LogP contribution >= 0.6 is 0 Å². The zero-order valence-electron chi connectivity index (χ0n) is 12.4. The van der Waals surface area contributed by atoms with E-state index < -0.39 is 5.97 Å². The minimum absolute atomic E-state index is 0.0522. The fourth-order valence-electron chi connectivity index (χ4n) is 2.01. The van der Waals surface area contributed by atoms with Crippen LogP contribution in [0.5, 0.6) is 0 Å². The van der Waals surface area contributed by atoms with Gasteiger partial charge in [-0.05, 0) is 26.2 Å². The van der Waals surface area contributed by atoms with E-state index in [1.165, 1.54) is 12.8 Å². The Kier molecular flexibility index (Phi) is 11.2. The van der Waals surface area contributed by atoms with E-state index >= 15 is 0 Å². The number of carbonyl (C=O) groups is 2. The first kappa shape index (κ1) is 17.9. The number of rotatable bonds is 12. The molecule has 0 saturated carbocycles. The Bertz CT molecular complexity index is 282. The van der Waals surface area contributed by atoms with Gasteiger partial charge in [0.25, 0.3) is 0 Å². The van der Waals surface area contributed by atoms with Gasteiger partial charge in [0.2, 0.25) is 0 Å². The van der Waals surface area contributed by atoms with Gasteiger partial charge in [0.1, 0.15) is 5.78 Å². The summed E-state index contributed by atoms with van der Waals surface area (Å²) in [6.07, 6.45) is 12.4. The molecule has 3 heteroatoms. The van der Waals surface area contributed by atoms with E-state index in [-0.39, 0.29) is 18.1 Å². The number of hydrogen-bond donors (Lipinski definition) is 1. The monoisotopic (exact) mass is 268 g/mol. The molecule has 0 aliphatic rings. The molecular formula is C16H28O3. The summed E-state index contributed by atoms with van der Waals surface area (Å²) in [6.45, 7) is 3.81. The van der Waals surface area contributed by atoms with Crippen LogP contribution in [0.3, 0.4) is 0 Å². The Morgan fingerprint density at radius 1 is 1.11 bits per heavy atom. The average Bonchev–Trinajstić information content (AvgIpc) is 2.35. The van der Waals surface area contributed by atoms with Gasteiger partial charge in [-0.2, -0.15) is 0 Å². The Morgan fingerprint density at radius 3 is 2.37 bits per heavy atom. The molecule has 0 bridgehead atoms. The normalized spacial score (nSPS) is 12.7. The molecule has 110 valence electrons. The fourth-order valence-corrected chi connectivity index (χ4v) is 2.01. The van der Waals surface area contributed by atoms with Crippen molar-refractivity contribution in [3.05, 3.63) is 12.2 Å². The van der Waals surface area contributed by atoms with Crippen molar-refractivity contribution in [2.75, 3.05) is 0 Å². The van der Waals surface area contributed by atoms with Gasteiger partial charge in [-0.15, -0.1) is 0 Å².